The zero-order valence-corrected chi connectivity index (χ0v) is 10.6. The molecule has 1 aliphatic rings. The van der Waals surface area contributed by atoms with E-state index in [-0.39, 0.29) is 5.54 Å². The van der Waals surface area contributed by atoms with Crippen LogP contribution in [0.4, 0.5) is 0 Å². The SMILES string of the molecule is CNC(C)(C)c1cc2c(cc1Br)OCO2. The zero-order valence-electron chi connectivity index (χ0n) is 9.06. The summed E-state index contributed by atoms with van der Waals surface area (Å²) in [5.41, 5.74) is 1.06. The Balaban J connectivity index is 2.49. The largest absolute Gasteiger partial charge is 0.454 e. The predicted molar refractivity (Wildman–Crippen MR) is 62.4 cm³/mol. The van der Waals surface area contributed by atoms with Gasteiger partial charge >= 0.3 is 0 Å². The molecule has 0 saturated carbocycles. The van der Waals surface area contributed by atoms with Gasteiger partial charge < -0.3 is 14.8 Å². The molecule has 0 spiro atoms. The quantitative estimate of drug-likeness (QED) is 0.897. The van der Waals surface area contributed by atoms with Crippen molar-refractivity contribution in [2.75, 3.05) is 13.8 Å². The first-order valence-electron chi connectivity index (χ1n) is 4.83. The van der Waals surface area contributed by atoms with Crippen molar-refractivity contribution in [3.05, 3.63) is 22.2 Å². The van der Waals surface area contributed by atoms with Crippen molar-refractivity contribution in [2.24, 2.45) is 0 Å². The Labute approximate surface area is 97.9 Å². The number of halogens is 1. The highest BCUT2D eigenvalue weighted by Crippen LogP contribution is 2.40. The lowest BCUT2D eigenvalue weighted by atomic mass is 9.94. The van der Waals surface area contributed by atoms with E-state index in [1.165, 1.54) is 0 Å². The van der Waals surface area contributed by atoms with Gasteiger partial charge in [0.25, 0.3) is 0 Å². The van der Waals surface area contributed by atoms with Crippen LogP contribution in [0, 0.1) is 0 Å². The first-order chi connectivity index (χ1) is 7.04. The Morgan fingerprint density at radius 2 is 1.87 bits per heavy atom. The van der Waals surface area contributed by atoms with E-state index in [9.17, 15) is 0 Å². The second-order valence-electron chi connectivity index (χ2n) is 4.06. The van der Waals surface area contributed by atoms with Crippen LogP contribution in [-0.2, 0) is 5.54 Å². The number of benzene rings is 1. The first kappa shape index (κ1) is 10.8. The minimum absolute atomic E-state index is 0.0974. The van der Waals surface area contributed by atoms with Gasteiger partial charge in [-0.2, -0.15) is 0 Å². The number of rotatable bonds is 2. The second-order valence-corrected chi connectivity index (χ2v) is 4.91. The smallest absolute Gasteiger partial charge is 0.231 e. The summed E-state index contributed by atoms with van der Waals surface area (Å²) in [6.07, 6.45) is 0. The summed E-state index contributed by atoms with van der Waals surface area (Å²) in [4.78, 5) is 0. The molecule has 15 heavy (non-hydrogen) atoms. The minimum Gasteiger partial charge on any atom is -0.454 e. The van der Waals surface area contributed by atoms with Crippen LogP contribution in [0.15, 0.2) is 16.6 Å². The van der Waals surface area contributed by atoms with Crippen LogP contribution in [0.1, 0.15) is 19.4 Å². The molecule has 0 fully saturated rings. The van der Waals surface area contributed by atoms with Crippen molar-refractivity contribution < 1.29 is 9.47 Å². The van der Waals surface area contributed by atoms with Crippen molar-refractivity contribution in [3.8, 4) is 11.5 Å². The van der Waals surface area contributed by atoms with E-state index in [1.807, 2.05) is 19.2 Å². The second kappa shape index (κ2) is 3.68. The van der Waals surface area contributed by atoms with Gasteiger partial charge in [-0.3, -0.25) is 0 Å². The monoisotopic (exact) mass is 271 g/mol. The Kier molecular flexibility index (Phi) is 2.64. The molecule has 0 bridgehead atoms. The molecule has 82 valence electrons. The molecule has 0 amide bonds. The topological polar surface area (TPSA) is 30.5 Å². The minimum atomic E-state index is -0.0974. The van der Waals surface area contributed by atoms with Gasteiger partial charge in [-0.1, -0.05) is 15.9 Å². The van der Waals surface area contributed by atoms with Gasteiger partial charge in [0.2, 0.25) is 6.79 Å². The third-order valence-corrected chi connectivity index (χ3v) is 3.42. The Bertz CT molecular complexity index is 390. The normalized spacial score (nSPS) is 14.4. The number of ether oxygens (including phenoxy) is 2. The Hall–Kier alpha value is -0.740. The van der Waals surface area contributed by atoms with Crippen molar-refractivity contribution in [3.63, 3.8) is 0 Å². The molecule has 1 aromatic carbocycles. The van der Waals surface area contributed by atoms with E-state index in [0.29, 0.717) is 6.79 Å². The lowest BCUT2D eigenvalue weighted by molar-refractivity contribution is 0.174. The summed E-state index contributed by atoms with van der Waals surface area (Å²) in [6.45, 7) is 4.55. The van der Waals surface area contributed by atoms with Crippen LogP contribution in [0.25, 0.3) is 0 Å². The van der Waals surface area contributed by atoms with Crippen molar-refractivity contribution in [2.45, 2.75) is 19.4 Å². The van der Waals surface area contributed by atoms with Crippen LogP contribution in [0.3, 0.4) is 0 Å². The molecule has 2 rings (SSSR count). The molecule has 1 aliphatic heterocycles. The average molecular weight is 272 g/mol. The molecule has 1 heterocycles. The molecule has 0 saturated heterocycles. The molecule has 0 radical (unpaired) electrons. The van der Waals surface area contributed by atoms with E-state index < -0.39 is 0 Å². The van der Waals surface area contributed by atoms with Crippen LogP contribution in [-0.4, -0.2) is 13.8 Å². The van der Waals surface area contributed by atoms with Crippen molar-refractivity contribution in [1.29, 1.82) is 0 Å². The van der Waals surface area contributed by atoms with Crippen LogP contribution in [0.2, 0.25) is 0 Å². The van der Waals surface area contributed by atoms with Gasteiger partial charge in [-0.25, -0.2) is 0 Å². The molecular formula is C11H14BrNO2. The summed E-state index contributed by atoms with van der Waals surface area (Å²) in [7, 11) is 1.94. The van der Waals surface area contributed by atoms with Crippen molar-refractivity contribution >= 4 is 15.9 Å². The Morgan fingerprint density at radius 3 is 2.47 bits per heavy atom. The fourth-order valence-electron chi connectivity index (χ4n) is 1.53. The standard InChI is InChI=1S/C11H14BrNO2/c1-11(2,13-3)7-4-9-10(5-8(7)12)15-6-14-9/h4-5,13H,6H2,1-3H3. The van der Waals surface area contributed by atoms with Gasteiger partial charge in [0, 0.05) is 10.0 Å². The maximum Gasteiger partial charge on any atom is 0.231 e. The maximum absolute atomic E-state index is 5.36. The fourth-order valence-corrected chi connectivity index (χ4v) is 2.35. The summed E-state index contributed by atoms with van der Waals surface area (Å²) < 4.78 is 11.7. The van der Waals surface area contributed by atoms with Crippen LogP contribution >= 0.6 is 15.9 Å². The predicted octanol–water partition coefficient (Wildman–Crippen LogP) is 2.63. The van der Waals surface area contributed by atoms with Gasteiger partial charge in [0.1, 0.15) is 0 Å². The molecule has 0 atom stereocenters. The van der Waals surface area contributed by atoms with Gasteiger partial charge in [-0.05, 0) is 38.6 Å². The van der Waals surface area contributed by atoms with E-state index >= 15 is 0 Å². The summed E-state index contributed by atoms with van der Waals surface area (Å²) >= 11 is 3.55. The molecular weight excluding hydrogens is 258 g/mol. The molecule has 1 N–H and O–H groups in total. The molecule has 3 nitrogen and oxygen atoms in total. The number of fused-ring (bicyclic) bond motifs is 1. The number of nitrogens with one attached hydrogen (secondary N) is 1. The summed E-state index contributed by atoms with van der Waals surface area (Å²) in [5, 5.41) is 3.26. The van der Waals surface area contributed by atoms with E-state index in [1.54, 1.807) is 0 Å². The fraction of sp³-hybridized carbons (Fsp3) is 0.455. The molecule has 0 unspecified atom stereocenters. The third kappa shape index (κ3) is 1.84. The molecule has 4 heteroatoms. The first-order valence-corrected chi connectivity index (χ1v) is 5.62. The summed E-state index contributed by atoms with van der Waals surface area (Å²) in [6, 6.07) is 3.97. The average Bonchev–Trinajstić information content (AvgIpc) is 2.63. The summed E-state index contributed by atoms with van der Waals surface area (Å²) in [5.74, 6) is 1.62. The lowest BCUT2D eigenvalue weighted by Gasteiger charge is -2.26. The lowest BCUT2D eigenvalue weighted by Crippen LogP contribution is -2.33. The highest BCUT2D eigenvalue weighted by molar-refractivity contribution is 9.10. The molecule has 0 aromatic heterocycles. The third-order valence-electron chi connectivity index (χ3n) is 2.76. The van der Waals surface area contributed by atoms with E-state index in [0.717, 1.165) is 21.5 Å². The molecule has 1 aromatic rings. The van der Waals surface area contributed by atoms with Gasteiger partial charge in [-0.15, -0.1) is 0 Å². The molecule has 0 aliphatic carbocycles. The van der Waals surface area contributed by atoms with E-state index in [4.69, 9.17) is 9.47 Å². The van der Waals surface area contributed by atoms with E-state index in [2.05, 4.69) is 35.1 Å². The number of hydrogen-bond acceptors (Lipinski definition) is 3. The van der Waals surface area contributed by atoms with Crippen LogP contribution < -0.4 is 14.8 Å². The Morgan fingerprint density at radius 1 is 1.27 bits per heavy atom. The van der Waals surface area contributed by atoms with Gasteiger partial charge in [0.15, 0.2) is 11.5 Å². The van der Waals surface area contributed by atoms with Crippen LogP contribution in [0.5, 0.6) is 11.5 Å². The maximum atomic E-state index is 5.36. The van der Waals surface area contributed by atoms with Gasteiger partial charge in [0.05, 0.1) is 0 Å². The highest BCUT2D eigenvalue weighted by Gasteiger charge is 2.25. The number of hydrogen-bond donors (Lipinski definition) is 1. The zero-order chi connectivity index (χ0) is 11.1. The van der Waals surface area contributed by atoms with Crippen molar-refractivity contribution in [1.82, 2.24) is 5.32 Å². The highest BCUT2D eigenvalue weighted by atomic mass is 79.9.